The van der Waals surface area contributed by atoms with Crippen LogP contribution in [0.3, 0.4) is 0 Å². The SMILES string of the molecule is NCc1cn(C2CCN(C(=O)c3ccc4c(c3)C(=O)Nc3ccccc3O4)C2)nn1. The standard InChI is InChI=1S/C21H20N6O3/c22-10-14-11-27(25-24-14)15-7-8-26(12-15)21(29)13-5-6-18-16(9-13)20(28)23-17-3-1-2-4-19(17)30-18/h1-6,9,11,15H,7-8,10,12,22H2,(H,23,28). The maximum atomic E-state index is 13.1. The summed E-state index contributed by atoms with van der Waals surface area (Å²) in [6.45, 7) is 1.46. The quantitative estimate of drug-likeness (QED) is 0.691. The van der Waals surface area contributed by atoms with Crippen LogP contribution in [-0.2, 0) is 6.54 Å². The molecule has 0 radical (unpaired) electrons. The lowest BCUT2D eigenvalue weighted by Crippen LogP contribution is -2.29. The Hall–Kier alpha value is -3.72. The van der Waals surface area contributed by atoms with E-state index in [2.05, 4.69) is 15.6 Å². The van der Waals surface area contributed by atoms with Gasteiger partial charge in [-0.3, -0.25) is 9.59 Å². The second-order valence-corrected chi connectivity index (χ2v) is 7.35. The van der Waals surface area contributed by atoms with Crippen molar-refractivity contribution < 1.29 is 14.3 Å². The minimum atomic E-state index is -0.305. The van der Waals surface area contributed by atoms with Crippen molar-refractivity contribution in [3.63, 3.8) is 0 Å². The molecule has 5 rings (SSSR count). The number of hydrogen-bond acceptors (Lipinski definition) is 6. The molecule has 9 heteroatoms. The van der Waals surface area contributed by atoms with E-state index < -0.39 is 0 Å². The van der Waals surface area contributed by atoms with Gasteiger partial charge in [0.05, 0.1) is 29.2 Å². The van der Waals surface area contributed by atoms with Gasteiger partial charge in [-0.05, 0) is 36.8 Å². The second kappa shape index (κ2) is 7.27. The summed E-state index contributed by atoms with van der Waals surface area (Å²) in [6.07, 6.45) is 2.60. The Morgan fingerprint density at radius 1 is 1.23 bits per heavy atom. The molecule has 152 valence electrons. The van der Waals surface area contributed by atoms with Crippen LogP contribution >= 0.6 is 0 Å². The number of ether oxygens (including phenoxy) is 1. The first-order valence-corrected chi connectivity index (χ1v) is 9.74. The van der Waals surface area contributed by atoms with Gasteiger partial charge in [-0.25, -0.2) is 4.68 Å². The van der Waals surface area contributed by atoms with E-state index in [0.29, 0.717) is 47.9 Å². The van der Waals surface area contributed by atoms with Gasteiger partial charge in [0, 0.05) is 25.2 Å². The molecule has 0 aliphatic carbocycles. The van der Waals surface area contributed by atoms with E-state index in [9.17, 15) is 9.59 Å². The fraction of sp³-hybridized carbons (Fsp3) is 0.238. The zero-order valence-electron chi connectivity index (χ0n) is 16.1. The predicted molar refractivity (Wildman–Crippen MR) is 108 cm³/mol. The van der Waals surface area contributed by atoms with Crippen LogP contribution < -0.4 is 15.8 Å². The molecule has 1 saturated heterocycles. The average Bonchev–Trinajstić information content (AvgIpc) is 3.41. The van der Waals surface area contributed by atoms with Crippen molar-refractivity contribution >= 4 is 17.5 Å². The Morgan fingerprint density at radius 3 is 2.93 bits per heavy atom. The minimum absolute atomic E-state index is 0.0590. The van der Waals surface area contributed by atoms with Crippen LogP contribution in [0.5, 0.6) is 11.5 Å². The highest BCUT2D eigenvalue weighted by Crippen LogP contribution is 2.36. The van der Waals surface area contributed by atoms with Crippen molar-refractivity contribution in [2.75, 3.05) is 18.4 Å². The summed E-state index contributed by atoms with van der Waals surface area (Å²) in [5, 5.41) is 11.0. The maximum absolute atomic E-state index is 13.1. The lowest BCUT2D eigenvalue weighted by molar-refractivity contribution is 0.0787. The predicted octanol–water partition coefficient (Wildman–Crippen LogP) is 2.18. The van der Waals surface area contributed by atoms with Gasteiger partial charge in [0.2, 0.25) is 0 Å². The molecule has 2 amide bonds. The van der Waals surface area contributed by atoms with Crippen LogP contribution in [0.15, 0.2) is 48.7 Å². The highest BCUT2D eigenvalue weighted by Gasteiger charge is 2.30. The van der Waals surface area contributed by atoms with Crippen molar-refractivity contribution in [2.24, 2.45) is 5.73 Å². The summed E-state index contributed by atoms with van der Waals surface area (Å²) >= 11 is 0. The largest absolute Gasteiger partial charge is 0.454 e. The third-order valence-electron chi connectivity index (χ3n) is 5.42. The number of aromatic nitrogens is 3. The summed E-state index contributed by atoms with van der Waals surface area (Å²) in [4.78, 5) is 27.5. The molecular formula is C21H20N6O3. The number of rotatable bonds is 3. The van der Waals surface area contributed by atoms with E-state index in [0.717, 1.165) is 12.1 Å². The molecule has 1 aromatic heterocycles. The van der Waals surface area contributed by atoms with Crippen molar-refractivity contribution in [1.82, 2.24) is 19.9 Å². The number of nitrogens with zero attached hydrogens (tertiary/aromatic N) is 4. The highest BCUT2D eigenvalue weighted by atomic mass is 16.5. The van der Waals surface area contributed by atoms with Crippen molar-refractivity contribution in [3.8, 4) is 11.5 Å². The molecule has 1 atom stereocenters. The lowest BCUT2D eigenvalue weighted by Gasteiger charge is -2.17. The third-order valence-corrected chi connectivity index (χ3v) is 5.42. The van der Waals surface area contributed by atoms with Crippen LogP contribution in [0.1, 0.15) is 38.9 Å². The molecule has 30 heavy (non-hydrogen) atoms. The van der Waals surface area contributed by atoms with Crippen molar-refractivity contribution in [1.29, 1.82) is 0 Å². The number of carbonyl (C=O) groups is 2. The summed E-state index contributed by atoms with van der Waals surface area (Å²) < 4.78 is 7.65. The van der Waals surface area contributed by atoms with Gasteiger partial charge < -0.3 is 20.7 Å². The molecule has 2 aliphatic rings. The topological polar surface area (TPSA) is 115 Å². The molecule has 3 aromatic rings. The van der Waals surface area contributed by atoms with E-state index in [1.807, 2.05) is 18.3 Å². The summed E-state index contributed by atoms with van der Waals surface area (Å²) in [5.74, 6) is 0.552. The molecule has 1 fully saturated rings. The maximum Gasteiger partial charge on any atom is 0.259 e. The molecule has 1 unspecified atom stereocenters. The van der Waals surface area contributed by atoms with Crippen LogP contribution in [0.4, 0.5) is 5.69 Å². The molecule has 0 bridgehead atoms. The van der Waals surface area contributed by atoms with E-state index in [1.54, 1.807) is 39.9 Å². The smallest absolute Gasteiger partial charge is 0.259 e. The molecule has 0 spiro atoms. The zero-order chi connectivity index (χ0) is 20.7. The van der Waals surface area contributed by atoms with Gasteiger partial charge in [0.1, 0.15) is 5.75 Å². The number of fused-ring (bicyclic) bond motifs is 2. The Morgan fingerprint density at radius 2 is 2.10 bits per heavy atom. The first kappa shape index (κ1) is 18.3. The number of para-hydroxylation sites is 2. The van der Waals surface area contributed by atoms with E-state index in [1.165, 1.54) is 0 Å². The van der Waals surface area contributed by atoms with E-state index in [-0.39, 0.29) is 17.9 Å². The molecular weight excluding hydrogens is 384 g/mol. The number of anilines is 1. The monoisotopic (exact) mass is 404 g/mol. The number of nitrogens with two attached hydrogens (primary N) is 1. The van der Waals surface area contributed by atoms with Gasteiger partial charge in [0.25, 0.3) is 11.8 Å². The normalized spacial score (nSPS) is 17.6. The van der Waals surface area contributed by atoms with Crippen LogP contribution in [0.25, 0.3) is 0 Å². The van der Waals surface area contributed by atoms with Gasteiger partial charge >= 0.3 is 0 Å². The van der Waals surface area contributed by atoms with Gasteiger partial charge in [-0.15, -0.1) is 5.10 Å². The molecule has 2 aromatic carbocycles. The molecule has 3 heterocycles. The molecule has 3 N–H and O–H groups in total. The lowest BCUT2D eigenvalue weighted by atomic mass is 10.1. The Bertz CT molecular complexity index is 1140. The number of amides is 2. The third kappa shape index (κ3) is 3.18. The minimum Gasteiger partial charge on any atom is -0.454 e. The summed E-state index contributed by atoms with van der Waals surface area (Å²) in [5.41, 5.74) is 7.69. The van der Waals surface area contributed by atoms with Crippen molar-refractivity contribution in [2.45, 2.75) is 19.0 Å². The fourth-order valence-corrected chi connectivity index (χ4v) is 3.81. The molecule has 2 aliphatic heterocycles. The first-order chi connectivity index (χ1) is 14.6. The highest BCUT2D eigenvalue weighted by molar-refractivity contribution is 6.09. The number of likely N-dealkylation sites (tertiary alicyclic amines) is 1. The number of benzene rings is 2. The second-order valence-electron chi connectivity index (χ2n) is 7.35. The number of nitrogens with one attached hydrogen (secondary N) is 1. The Labute approximate surface area is 172 Å². The molecule has 9 nitrogen and oxygen atoms in total. The fourth-order valence-electron chi connectivity index (χ4n) is 3.81. The first-order valence-electron chi connectivity index (χ1n) is 9.74. The van der Waals surface area contributed by atoms with Crippen LogP contribution in [-0.4, -0.2) is 44.8 Å². The van der Waals surface area contributed by atoms with E-state index >= 15 is 0 Å². The van der Waals surface area contributed by atoms with Gasteiger partial charge in [0.15, 0.2) is 5.75 Å². The Kier molecular flexibility index (Phi) is 4.44. The number of hydrogen-bond donors (Lipinski definition) is 2. The van der Waals surface area contributed by atoms with Gasteiger partial charge in [-0.2, -0.15) is 0 Å². The van der Waals surface area contributed by atoms with E-state index in [4.69, 9.17) is 10.5 Å². The summed E-state index contributed by atoms with van der Waals surface area (Å²) in [6, 6.07) is 12.2. The average molecular weight is 404 g/mol. The van der Waals surface area contributed by atoms with Gasteiger partial charge in [-0.1, -0.05) is 17.3 Å². The van der Waals surface area contributed by atoms with Crippen molar-refractivity contribution in [3.05, 3.63) is 65.5 Å². The van der Waals surface area contributed by atoms with Crippen LogP contribution in [0.2, 0.25) is 0 Å². The zero-order valence-corrected chi connectivity index (χ0v) is 16.1. The molecule has 0 saturated carbocycles. The number of carbonyl (C=O) groups excluding carboxylic acids is 2. The summed E-state index contributed by atoms with van der Waals surface area (Å²) in [7, 11) is 0. The van der Waals surface area contributed by atoms with Crippen LogP contribution in [0, 0.1) is 0 Å². The Balaban J connectivity index is 1.36.